The van der Waals surface area contributed by atoms with Crippen LogP contribution >= 0.6 is 0 Å². The highest BCUT2D eigenvalue weighted by atomic mass is 16.5. The van der Waals surface area contributed by atoms with Crippen molar-refractivity contribution in [2.24, 2.45) is 0 Å². The molecule has 0 aliphatic carbocycles. The Bertz CT molecular complexity index is 974. The van der Waals surface area contributed by atoms with Gasteiger partial charge in [0.05, 0.1) is 11.7 Å². The van der Waals surface area contributed by atoms with Crippen molar-refractivity contribution in [3.8, 4) is 0 Å². The molecule has 1 N–H and O–H groups in total. The number of amides is 2. The van der Waals surface area contributed by atoms with E-state index in [1.807, 2.05) is 77.1 Å². The number of benzene rings is 2. The van der Waals surface area contributed by atoms with E-state index >= 15 is 0 Å². The number of rotatable bonds is 8. The van der Waals surface area contributed by atoms with Crippen LogP contribution in [0.25, 0.3) is 5.57 Å². The van der Waals surface area contributed by atoms with Crippen molar-refractivity contribution in [1.29, 1.82) is 0 Å². The second-order valence-corrected chi connectivity index (χ2v) is 8.09. The third-order valence-electron chi connectivity index (χ3n) is 5.12. The highest BCUT2D eigenvalue weighted by Gasteiger charge is 2.39. The molecule has 0 fully saturated rings. The standard InChI is InChI=1S/C25H30N2O3/c1-16(2)30-14-6-13-27-24(28)22(21-12-9-18(4)15-19(21)5)23(25(27)29)26-20-10-7-17(3)8-11-20/h7-12,15-16,26H,6,13-14H2,1-5H3. The highest BCUT2D eigenvalue weighted by molar-refractivity contribution is 6.36. The van der Waals surface area contributed by atoms with Crippen LogP contribution in [0.2, 0.25) is 0 Å². The molecule has 0 radical (unpaired) electrons. The quantitative estimate of drug-likeness (QED) is 0.513. The molecular formula is C25H30N2O3. The van der Waals surface area contributed by atoms with E-state index in [1.54, 1.807) is 0 Å². The van der Waals surface area contributed by atoms with Crippen LogP contribution in [0.1, 0.15) is 42.5 Å². The molecule has 1 heterocycles. The van der Waals surface area contributed by atoms with Gasteiger partial charge in [0.2, 0.25) is 0 Å². The lowest BCUT2D eigenvalue weighted by Crippen LogP contribution is -2.34. The highest BCUT2D eigenvalue weighted by Crippen LogP contribution is 2.32. The van der Waals surface area contributed by atoms with Gasteiger partial charge in [-0.3, -0.25) is 14.5 Å². The van der Waals surface area contributed by atoms with E-state index in [0.29, 0.717) is 30.8 Å². The SMILES string of the molecule is Cc1ccc(NC2=C(c3ccc(C)cc3C)C(=O)N(CCCOC(C)C)C2=O)cc1. The van der Waals surface area contributed by atoms with E-state index in [-0.39, 0.29) is 17.9 Å². The molecule has 0 aromatic heterocycles. The summed E-state index contributed by atoms with van der Waals surface area (Å²) >= 11 is 0. The molecule has 5 nitrogen and oxygen atoms in total. The number of imide groups is 1. The Hall–Kier alpha value is -2.92. The molecular weight excluding hydrogens is 376 g/mol. The van der Waals surface area contributed by atoms with Gasteiger partial charge in [0, 0.05) is 18.8 Å². The van der Waals surface area contributed by atoms with Gasteiger partial charge < -0.3 is 10.1 Å². The summed E-state index contributed by atoms with van der Waals surface area (Å²) in [5, 5.41) is 3.21. The first-order valence-electron chi connectivity index (χ1n) is 10.4. The lowest BCUT2D eigenvalue weighted by molar-refractivity contribution is -0.137. The minimum absolute atomic E-state index is 0.123. The molecule has 2 aromatic rings. The molecule has 158 valence electrons. The summed E-state index contributed by atoms with van der Waals surface area (Å²) in [5.41, 5.74) is 5.55. The largest absolute Gasteiger partial charge is 0.379 e. The van der Waals surface area contributed by atoms with E-state index in [0.717, 1.165) is 27.9 Å². The Kier molecular flexibility index (Phi) is 6.73. The average Bonchev–Trinajstić information content (AvgIpc) is 2.91. The first-order chi connectivity index (χ1) is 14.3. The van der Waals surface area contributed by atoms with Gasteiger partial charge >= 0.3 is 0 Å². The van der Waals surface area contributed by atoms with Gasteiger partial charge in [-0.2, -0.15) is 0 Å². The minimum Gasteiger partial charge on any atom is -0.379 e. The van der Waals surface area contributed by atoms with Crippen molar-refractivity contribution in [3.05, 3.63) is 70.4 Å². The maximum Gasteiger partial charge on any atom is 0.278 e. The van der Waals surface area contributed by atoms with Crippen molar-refractivity contribution in [1.82, 2.24) is 4.90 Å². The van der Waals surface area contributed by atoms with Crippen LogP contribution in [0.5, 0.6) is 0 Å². The lowest BCUT2D eigenvalue weighted by Gasteiger charge is -2.16. The van der Waals surface area contributed by atoms with Crippen molar-refractivity contribution < 1.29 is 14.3 Å². The third kappa shape index (κ3) is 4.79. The van der Waals surface area contributed by atoms with Gasteiger partial charge in [-0.05, 0) is 64.3 Å². The topological polar surface area (TPSA) is 58.6 Å². The number of carbonyl (C=O) groups excluding carboxylic acids is 2. The van der Waals surface area contributed by atoms with Crippen LogP contribution in [-0.4, -0.2) is 36.0 Å². The third-order valence-corrected chi connectivity index (χ3v) is 5.12. The lowest BCUT2D eigenvalue weighted by atomic mass is 9.97. The molecule has 1 aliphatic rings. The fourth-order valence-electron chi connectivity index (χ4n) is 3.56. The van der Waals surface area contributed by atoms with Crippen LogP contribution < -0.4 is 5.32 Å². The molecule has 0 unspecified atom stereocenters. The molecule has 0 bridgehead atoms. The zero-order valence-corrected chi connectivity index (χ0v) is 18.4. The number of nitrogens with one attached hydrogen (secondary N) is 1. The molecule has 0 saturated carbocycles. The monoisotopic (exact) mass is 406 g/mol. The van der Waals surface area contributed by atoms with Gasteiger partial charge in [0.15, 0.2) is 0 Å². The van der Waals surface area contributed by atoms with E-state index < -0.39 is 0 Å². The summed E-state index contributed by atoms with van der Waals surface area (Å²) < 4.78 is 5.57. The fraction of sp³-hybridized carbons (Fsp3) is 0.360. The fourth-order valence-corrected chi connectivity index (χ4v) is 3.56. The number of hydrogen-bond donors (Lipinski definition) is 1. The Balaban J connectivity index is 1.94. The Labute approximate surface area is 178 Å². The summed E-state index contributed by atoms with van der Waals surface area (Å²) in [6, 6.07) is 13.7. The number of carbonyl (C=O) groups is 2. The summed E-state index contributed by atoms with van der Waals surface area (Å²) in [6.07, 6.45) is 0.728. The predicted molar refractivity (Wildman–Crippen MR) is 120 cm³/mol. The van der Waals surface area contributed by atoms with E-state index in [1.165, 1.54) is 4.90 Å². The second kappa shape index (κ2) is 9.26. The Morgan fingerprint density at radius 3 is 2.23 bits per heavy atom. The van der Waals surface area contributed by atoms with Gasteiger partial charge in [-0.1, -0.05) is 41.5 Å². The summed E-state index contributed by atoms with van der Waals surface area (Å²) in [6.45, 7) is 10.8. The molecule has 0 spiro atoms. The maximum atomic E-state index is 13.3. The van der Waals surface area contributed by atoms with E-state index in [4.69, 9.17) is 4.74 Å². The molecule has 5 heteroatoms. The summed E-state index contributed by atoms with van der Waals surface area (Å²) in [4.78, 5) is 27.9. The van der Waals surface area contributed by atoms with Gasteiger partial charge in [0.1, 0.15) is 5.70 Å². The van der Waals surface area contributed by atoms with Crippen LogP contribution in [0.15, 0.2) is 48.2 Å². The molecule has 30 heavy (non-hydrogen) atoms. The molecule has 2 amide bonds. The smallest absolute Gasteiger partial charge is 0.278 e. The molecule has 0 saturated heterocycles. The van der Waals surface area contributed by atoms with Gasteiger partial charge in [0.25, 0.3) is 11.8 Å². The Morgan fingerprint density at radius 2 is 1.60 bits per heavy atom. The summed E-state index contributed by atoms with van der Waals surface area (Å²) in [7, 11) is 0. The number of nitrogens with zero attached hydrogens (tertiary/aromatic N) is 1. The predicted octanol–water partition coefficient (Wildman–Crippen LogP) is 4.62. The van der Waals surface area contributed by atoms with Crippen molar-refractivity contribution in [2.45, 2.75) is 47.1 Å². The zero-order valence-electron chi connectivity index (χ0n) is 18.4. The van der Waals surface area contributed by atoms with Crippen LogP contribution in [0, 0.1) is 20.8 Å². The zero-order chi connectivity index (χ0) is 21.8. The number of hydrogen-bond acceptors (Lipinski definition) is 4. The molecule has 0 atom stereocenters. The first kappa shape index (κ1) is 21.8. The Morgan fingerprint density at radius 1 is 0.933 bits per heavy atom. The van der Waals surface area contributed by atoms with Crippen LogP contribution in [0.3, 0.4) is 0 Å². The molecule has 1 aliphatic heterocycles. The van der Waals surface area contributed by atoms with Gasteiger partial charge in [-0.15, -0.1) is 0 Å². The number of ether oxygens (including phenoxy) is 1. The molecule has 2 aromatic carbocycles. The number of anilines is 1. The van der Waals surface area contributed by atoms with Crippen molar-refractivity contribution in [3.63, 3.8) is 0 Å². The normalized spacial score (nSPS) is 14.3. The van der Waals surface area contributed by atoms with Crippen LogP contribution in [0.4, 0.5) is 5.69 Å². The number of aryl methyl sites for hydroxylation is 3. The van der Waals surface area contributed by atoms with Crippen molar-refractivity contribution >= 4 is 23.1 Å². The second-order valence-electron chi connectivity index (χ2n) is 8.09. The summed E-state index contributed by atoms with van der Waals surface area (Å²) in [5.74, 6) is -0.550. The van der Waals surface area contributed by atoms with Crippen LogP contribution in [-0.2, 0) is 14.3 Å². The van der Waals surface area contributed by atoms with E-state index in [9.17, 15) is 9.59 Å². The first-order valence-corrected chi connectivity index (χ1v) is 10.4. The van der Waals surface area contributed by atoms with E-state index in [2.05, 4.69) is 5.32 Å². The molecule has 3 rings (SSSR count). The average molecular weight is 407 g/mol. The van der Waals surface area contributed by atoms with Crippen molar-refractivity contribution in [2.75, 3.05) is 18.5 Å². The maximum absolute atomic E-state index is 13.3. The minimum atomic E-state index is -0.292. The van der Waals surface area contributed by atoms with Gasteiger partial charge in [-0.25, -0.2) is 0 Å².